The quantitative estimate of drug-likeness (QED) is 0.793. The molecule has 2 heterocycles. The first-order valence-corrected chi connectivity index (χ1v) is 8.63. The Morgan fingerprint density at radius 3 is 2.83 bits per heavy atom. The first-order chi connectivity index (χ1) is 11.7. The van der Waals surface area contributed by atoms with E-state index in [9.17, 15) is 9.18 Å². The van der Waals surface area contributed by atoms with Gasteiger partial charge in [-0.1, -0.05) is 41.7 Å². The summed E-state index contributed by atoms with van der Waals surface area (Å²) in [6.07, 6.45) is 0. The van der Waals surface area contributed by atoms with Crippen molar-refractivity contribution < 1.29 is 9.18 Å². The zero-order chi connectivity index (χ0) is 16.5. The van der Waals surface area contributed by atoms with Gasteiger partial charge in [-0.3, -0.25) is 4.79 Å². The summed E-state index contributed by atoms with van der Waals surface area (Å²) < 4.78 is 14.1. The summed E-state index contributed by atoms with van der Waals surface area (Å²) in [6, 6.07) is 14.5. The largest absolute Gasteiger partial charge is 0.352 e. The first kappa shape index (κ1) is 15.1. The van der Waals surface area contributed by atoms with E-state index in [0.29, 0.717) is 19.6 Å². The fraction of sp³-hybridized carbons (Fsp3) is 0.222. The summed E-state index contributed by atoms with van der Waals surface area (Å²) >= 11 is 1.46. The highest BCUT2D eigenvalue weighted by Gasteiger charge is 2.34. The van der Waals surface area contributed by atoms with E-state index in [1.165, 1.54) is 23.5 Å². The minimum absolute atomic E-state index is 0.0162. The predicted molar refractivity (Wildman–Crippen MR) is 93.6 cm³/mol. The van der Waals surface area contributed by atoms with E-state index >= 15 is 0 Å². The van der Waals surface area contributed by atoms with E-state index in [4.69, 9.17) is 0 Å². The van der Waals surface area contributed by atoms with Crippen molar-refractivity contribution in [1.82, 2.24) is 10.3 Å². The van der Waals surface area contributed by atoms with Gasteiger partial charge in [-0.25, -0.2) is 9.37 Å². The zero-order valence-electron chi connectivity index (χ0n) is 12.9. The number of thiazole rings is 1. The maximum atomic E-state index is 13.2. The Balaban J connectivity index is 1.34. The molecule has 0 spiro atoms. The monoisotopic (exact) mass is 341 g/mol. The summed E-state index contributed by atoms with van der Waals surface area (Å²) in [7, 11) is 0. The molecule has 1 aliphatic rings. The van der Waals surface area contributed by atoms with Crippen molar-refractivity contribution in [1.29, 1.82) is 0 Å². The van der Waals surface area contributed by atoms with Crippen LogP contribution in [0.1, 0.15) is 5.56 Å². The van der Waals surface area contributed by atoms with Gasteiger partial charge in [0, 0.05) is 19.6 Å². The van der Waals surface area contributed by atoms with Crippen LogP contribution in [-0.4, -0.2) is 24.0 Å². The van der Waals surface area contributed by atoms with Gasteiger partial charge in [-0.2, -0.15) is 0 Å². The van der Waals surface area contributed by atoms with Crippen molar-refractivity contribution in [2.45, 2.75) is 6.54 Å². The molecule has 1 aliphatic heterocycles. The maximum Gasteiger partial charge on any atom is 0.226 e. The Kier molecular flexibility index (Phi) is 3.90. The number of anilines is 1. The second kappa shape index (κ2) is 6.20. The van der Waals surface area contributed by atoms with Crippen LogP contribution in [0.2, 0.25) is 0 Å². The molecule has 6 heteroatoms. The number of nitrogens with zero attached hydrogens (tertiary/aromatic N) is 2. The van der Waals surface area contributed by atoms with Crippen LogP contribution in [0.3, 0.4) is 0 Å². The molecule has 24 heavy (non-hydrogen) atoms. The van der Waals surface area contributed by atoms with Gasteiger partial charge in [0.1, 0.15) is 5.82 Å². The Morgan fingerprint density at radius 2 is 2.04 bits per heavy atom. The van der Waals surface area contributed by atoms with Crippen molar-refractivity contribution in [3.05, 3.63) is 59.9 Å². The number of amides is 1. The number of hydrogen-bond donors (Lipinski definition) is 1. The highest BCUT2D eigenvalue weighted by Crippen LogP contribution is 2.33. The minimum atomic E-state index is -0.250. The highest BCUT2D eigenvalue weighted by molar-refractivity contribution is 7.22. The van der Waals surface area contributed by atoms with E-state index in [0.717, 1.165) is 20.9 Å². The molecular formula is C18H16FN3OS. The molecule has 1 aromatic heterocycles. The van der Waals surface area contributed by atoms with Crippen LogP contribution in [-0.2, 0) is 11.3 Å². The lowest BCUT2D eigenvalue weighted by Crippen LogP contribution is -2.53. The lowest BCUT2D eigenvalue weighted by molar-refractivity contribution is -0.125. The fourth-order valence-corrected chi connectivity index (χ4v) is 3.76. The topological polar surface area (TPSA) is 45.2 Å². The van der Waals surface area contributed by atoms with Gasteiger partial charge < -0.3 is 10.2 Å². The van der Waals surface area contributed by atoms with Gasteiger partial charge >= 0.3 is 0 Å². The van der Waals surface area contributed by atoms with E-state index in [-0.39, 0.29) is 17.6 Å². The van der Waals surface area contributed by atoms with E-state index in [1.807, 2.05) is 30.3 Å². The van der Waals surface area contributed by atoms with Crippen LogP contribution in [0.4, 0.5) is 9.52 Å². The third-order valence-corrected chi connectivity index (χ3v) is 5.25. The summed E-state index contributed by atoms with van der Waals surface area (Å²) in [6.45, 7) is 1.86. The van der Waals surface area contributed by atoms with Crippen LogP contribution in [0, 0.1) is 11.7 Å². The molecule has 4 rings (SSSR count). The predicted octanol–water partition coefficient (Wildman–Crippen LogP) is 3.19. The van der Waals surface area contributed by atoms with Gasteiger partial charge in [0.2, 0.25) is 5.91 Å². The number of hydrogen-bond acceptors (Lipinski definition) is 4. The first-order valence-electron chi connectivity index (χ1n) is 7.82. The summed E-state index contributed by atoms with van der Waals surface area (Å²) in [5.74, 6) is -0.195. The SMILES string of the molecule is O=C(NCc1ccccc1)C1CN(c2nc3ccc(F)cc3s2)C1. The Bertz CT molecular complexity index is 874. The molecule has 1 amide bonds. The summed E-state index contributed by atoms with van der Waals surface area (Å²) in [5.41, 5.74) is 1.89. The molecule has 0 bridgehead atoms. The van der Waals surface area contributed by atoms with Crippen LogP contribution >= 0.6 is 11.3 Å². The molecule has 1 saturated heterocycles. The molecule has 0 radical (unpaired) electrons. The average molecular weight is 341 g/mol. The van der Waals surface area contributed by atoms with E-state index < -0.39 is 0 Å². The lowest BCUT2D eigenvalue weighted by Gasteiger charge is -2.37. The fourth-order valence-electron chi connectivity index (χ4n) is 2.75. The van der Waals surface area contributed by atoms with Gasteiger partial charge in [-0.15, -0.1) is 0 Å². The number of aromatic nitrogens is 1. The number of fused-ring (bicyclic) bond motifs is 1. The van der Waals surface area contributed by atoms with Crippen LogP contribution in [0.15, 0.2) is 48.5 Å². The van der Waals surface area contributed by atoms with Crippen molar-refractivity contribution >= 4 is 32.6 Å². The highest BCUT2D eigenvalue weighted by atomic mass is 32.1. The number of benzene rings is 2. The van der Waals surface area contributed by atoms with E-state index in [1.54, 1.807) is 6.07 Å². The molecule has 0 unspecified atom stereocenters. The number of rotatable bonds is 4. The van der Waals surface area contributed by atoms with Crippen molar-refractivity contribution in [3.8, 4) is 0 Å². The number of carbonyl (C=O) groups is 1. The van der Waals surface area contributed by atoms with Crippen molar-refractivity contribution in [2.75, 3.05) is 18.0 Å². The average Bonchev–Trinajstić information content (AvgIpc) is 2.95. The molecule has 1 N–H and O–H groups in total. The Hall–Kier alpha value is -2.47. The molecule has 0 saturated carbocycles. The smallest absolute Gasteiger partial charge is 0.226 e. The van der Waals surface area contributed by atoms with Crippen molar-refractivity contribution in [2.24, 2.45) is 5.92 Å². The second-order valence-corrected chi connectivity index (χ2v) is 6.92. The molecular weight excluding hydrogens is 325 g/mol. The summed E-state index contributed by atoms with van der Waals surface area (Å²) in [5, 5.41) is 3.82. The molecule has 0 atom stereocenters. The number of nitrogens with one attached hydrogen (secondary N) is 1. The number of halogens is 1. The van der Waals surface area contributed by atoms with Gasteiger partial charge in [0.15, 0.2) is 5.13 Å². The minimum Gasteiger partial charge on any atom is -0.352 e. The normalized spacial score (nSPS) is 14.6. The van der Waals surface area contributed by atoms with Crippen LogP contribution < -0.4 is 10.2 Å². The second-order valence-electron chi connectivity index (χ2n) is 5.91. The van der Waals surface area contributed by atoms with Gasteiger partial charge in [0.05, 0.1) is 16.1 Å². The maximum absolute atomic E-state index is 13.2. The third kappa shape index (κ3) is 2.97. The standard InChI is InChI=1S/C18H16FN3OS/c19-14-6-7-15-16(8-14)24-18(21-15)22-10-13(11-22)17(23)20-9-12-4-2-1-3-5-12/h1-8,13H,9-11H2,(H,20,23). The van der Waals surface area contributed by atoms with E-state index in [2.05, 4.69) is 15.2 Å². The molecule has 4 nitrogen and oxygen atoms in total. The van der Waals surface area contributed by atoms with Crippen molar-refractivity contribution in [3.63, 3.8) is 0 Å². The van der Waals surface area contributed by atoms with Gasteiger partial charge in [-0.05, 0) is 23.8 Å². The van der Waals surface area contributed by atoms with Gasteiger partial charge in [0.25, 0.3) is 0 Å². The third-order valence-electron chi connectivity index (χ3n) is 4.17. The zero-order valence-corrected chi connectivity index (χ0v) is 13.7. The summed E-state index contributed by atoms with van der Waals surface area (Å²) in [4.78, 5) is 18.8. The molecule has 1 fully saturated rings. The molecule has 3 aromatic rings. The molecule has 0 aliphatic carbocycles. The lowest BCUT2D eigenvalue weighted by atomic mass is 10.00. The number of carbonyl (C=O) groups excluding carboxylic acids is 1. The van der Waals surface area contributed by atoms with Crippen LogP contribution in [0.5, 0.6) is 0 Å². The Morgan fingerprint density at radius 1 is 1.25 bits per heavy atom. The Labute approximate surface area is 142 Å². The molecule has 122 valence electrons. The van der Waals surface area contributed by atoms with Crippen LogP contribution in [0.25, 0.3) is 10.2 Å². The molecule has 2 aromatic carbocycles.